The van der Waals surface area contributed by atoms with Crippen LogP contribution in [0, 0.1) is 0 Å². The first-order valence-corrected chi connectivity index (χ1v) is 9.91. The van der Waals surface area contributed by atoms with Gasteiger partial charge in [0.05, 0.1) is 29.6 Å². The van der Waals surface area contributed by atoms with Gasteiger partial charge in [0, 0.05) is 12.3 Å². The first kappa shape index (κ1) is 21.9. The highest BCUT2D eigenvalue weighted by Gasteiger charge is 2.22. The van der Waals surface area contributed by atoms with Crippen LogP contribution in [0.5, 0.6) is 0 Å². The number of aromatic nitrogens is 1. The number of hydrogen-bond acceptors (Lipinski definition) is 5. The van der Waals surface area contributed by atoms with Gasteiger partial charge in [-0.1, -0.05) is 19.1 Å². The van der Waals surface area contributed by atoms with Crippen molar-refractivity contribution in [2.45, 2.75) is 65.6 Å². The van der Waals surface area contributed by atoms with Crippen LogP contribution in [0.3, 0.4) is 0 Å². The van der Waals surface area contributed by atoms with Gasteiger partial charge in [0.2, 0.25) is 0 Å². The van der Waals surface area contributed by atoms with E-state index in [1.165, 1.54) is 0 Å². The number of pyridine rings is 1. The molecule has 2 atom stereocenters. The molecule has 0 aliphatic heterocycles. The first-order valence-electron chi connectivity index (χ1n) is 9.91. The summed E-state index contributed by atoms with van der Waals surface area (Å²) in [7, 11) is 0. The molecule has 0 saturated heterocycles. The van der Waals surface area contributed by atoms with E-state index in [1.54, 1.807) is 0 Å². The third kappa shape index (κ3) is 6.34. The van der Waals surface area contributed by atoms with Crippen LogP contribution in [-0.2, 0) is 14.3 Å². The summed E-state index contributed by atoms with van der Waals surface area (Å²) in [4.78, 5) is 16.8. The van der Waals surface area contributed by atoms with Gasteiger partial charge in [0.25, 0.3) is 0 Å². The Morgan fingerprint density at radius 1 is 1.07 bits per heavy atom. The molecule has 1 aromatic carbocycles. The molecule has 0 amide bonds. The molecule has 5 nitrogen and oxygen atoms in total. The van der Waals surface area contributed by atoms with E-state index in [4.69, 9.17) is 9.47 Å². The van der Waals surface area contributed by atoms with Crippen molar-refractivity contribution >= 4 is 17.3 Å². The second-order valence-corrected chi connectivity index (χ2v) is 7.83. The number of carbonyl (C=O) groups excluding carboxylic acids is 1. The van der Waals surface area contributed by atoms with Gasteiger partial charge >= 0.3 is 5.97 Å². The van der Waals surface area contributed by atoms with Crippen LogP contribution in [0.15, 0.2) is 42.6 Å². The predicted molar refractivity (Wildman–Crippen MR) is 113 cm³/mol. The molecule has 0 aliphatic rings. The number of rotatable bonds is 8. The predicted octanol–water partition coefficient (Wildman–Crippen LogP) is 5.76. The highest BCUT2D eigenvalue weighted by Crippen LogP contribution is 2.25. The maximum Gasteiger partial charge on any atom is 0.313 e. The summed E-state index contributed by atoms with van der Waals surface area (Å²) in [6, 6.07) is 11.8. The van der Waals surface area contributed by atoms with Crippen LogP contribution in [-0.4, -0.2) is 23.2 Å². The van der Waals surface area contributed by atoms with Crippen molar-refractivity contribution in [3.8, 4) is 0 Å². The Morgan fingerprint density at radius 3 is 2.21 bits per heavy atom. The van der Waals surface area contributed by atoms with E-state index >= 15 is 0 Å². The van der Waals surface area contributed by atoms with E-state index in [2.05, 4.69) is 17.2 Å². The molecule has 1 aromatic heterocycles. The molecule has 2 rings (SSSR count). The number of anilines is 2. The van der Waals surface area contributed by atoms with Crippen molar-refractivity contribution < 1.29 is 14.3 Å². The van der Waals surface area contributed by atoms with Crippen molar-refractivity contribution in [1.82, 2.24) is 4.98 Å². The molecule has 2 unspecified atom stereocenters. The number of ether oxygens (including phenoxy) is 2. The average molecular weight is 385 g/mol. The smallest absolute Gasteiger partial charge is 0.313 e. The molecular formula is C23H32N2O3. The van der Waals surface area contributed by atoms with Crippen molar-refractivity contribution in [3.63, 3.8) is 0 Å². The van der Waals surface area contributed by atoms with E-state index in [1.807, 2.05) is 77.2 Å². The summed E-state index contributed by atoms with van der Waals surface area (Å²) in [5, 5.41) is 3.33. The van der Waals surface area contributed by atoms with Gasteiger partial charge < -0.3 is 14.8 Å². The maximum atomic E-state index is 12.2. The summed E-state index contributed by atoms with van der Waals surface area (Å²) < 4.78 is 11.2. The average Bonchev–Trinajstić information content (AvgIpc) is 2.65. The lowest BCUT2D eigenvalue weighted by Crippen LogP contribution is -2.26. The number of nitrogens with one attached hydrogen (secondary N) is 1. The Labute approximate surface area is 168 Å². The highest BCUT2D eigenvalue weighted by atomic mass is 16.6. The van der Waals surface area contributed by atoms with E-state index in [-0.39, 0.29) is 18.0 Å². The molecule has 28 heavy (non-hydrogen) atoms. The highest BCUT2D eigenvalue weighted by molar-refractivity contribution is 5.78. The first-order chi connectivity index (χ1) is 13.2. The van der Waals surface area contributed by atoms with Gasteiger partial charge in [0.1, 0.15) is 5.60 Å². The van der Waals surface area contributed by atoms with Crippen LogP contribution in [0.1, 0.15) is 71.2 Å². The van der Waals surface area contributed by atoms with Crippen LogP contribution in [0.25, 0.3) is 0 Å². The number of benzene rings is 1. The molecule has 5 heteroatoms. The fourth-order valence-corrected chi connectivity index (χ4v) is 2.83. The second-order valence-electron chi connectivity index (χ2n) is 7.83. The molecular weight excluding hydrogens is 352 g/mol. The van der Waals surface area contributed by atoms with Gasteiger partial charge in [-0.15, -0.1) is 0 Å². The van der Waals surface area contributed by atoms with Crippen LogP contribution in [0.4, 0.5) is 11.4 Å². The Bertz CT molecular complexity index is 749. The summed E-state index contributed by atoms with van der Waals surface area (Å²) in [6.07, 6.45) is 2.74. The Balaban J connectivity index is 2.01. The van der Waals surface area contributed by atoms with Crippen molar-refractivity contribution in [3.05, 3.63) is 53.9 Å². The molecule has 2 aromatic rings. The molecule has 1 heterocycles. The third-order valence-corrected chi connectivity index (χ3v) is 4.31. The molecule has 1 N–H and O–H groups in total. The molecule has 0 saturated carbocycles. The minimum atomic E-state index is -0.481. The summed E-state index contributed by atoms with van der Waals surface area (Å²) in [5.41, 5.74) is 3.23. The standard InChI is InChI=1S/C23H32N2O3/c1-7-21(27-8-2)20-14-13-19(15-24-20)25-18-11-9-17(10-12-18)16(3)22(26)28-23(4,5)6/h9-16,21,25H,7-8H2,1-6H3. The fraction of sp³-hybridized carbons (Fsp3) is 0.478. The Morgan fingerprint density at radius 2 is 1.71 bits per heavy atom. The monoisotopic (exact) mass is 384 g/mol. The summed E-state index contributed by atoms with van der Waals surface area (Å²) in [6.45, 7) is 12.2. The number of esters is 1. The molecule has 0 bridgehead atoms. The van der Waals surface area contributed by atoms with E-state index in [0.717, 1.165) is 29.1 Å². The lowest BCUT2D eigenvalue weighted by molar-refractivity contribution is -0.156. The second kappa shape index (κ2) is 9.69. The van der Waals surface area contributed by atoms with Crippen molar-refractivity contribution in [2.24, 2.45) is 0 Å². The SMILES string of the molecule is CCOC(CC)c1ccc(Nc2ccc(C(C)C(=O)OC(C)(C)C)cc2)cn1. The molecule has 0 aliphatic carbocycles. The van der Waals surface area contributed by atoms with E-state index in [0.29, 0.717) is 6.61 Å². The van der Waals surface area contributed by atoms with Crippen molar-refractivity contribution in [2.75, 3.05) is 11.9 Å². The minimum Gasteiger partial charge on any atom is -0.460 e. The van der Waals surface area contributed by atoms with Gasteiger partial charge in [-0.2, -0.15) is 0 Å². The lowest BCUT2D eigenvalue weighted by atomic mass is 10.0. The Hall–Kier alpha value is -2.40. The molecule has 152 valence electrons. The van der Waals surface area contributed by atoms with Crippen LogP contribution < -0.4 is 5.32 Å². The number of carbonyl (C=O) groups is 1. The molecule has 0 spiro atoms. The summed E-state index contributed by atoms with van der Waals surface area (Å²) >= 11 is 0. The zero-order chi connectivity index (χ0) is 20.7. The summed E-state index contributed by atoms with van der Waals surface area (Å²) in [5.74, 6) is -0.522. The molecule has 0 fully saturated rings. The van der Waals surface area contributed by atoms with Gasteiger partial charge in [0.15, 0.2) is 0 Å². The third-order valence-electron chi connectivity index (χ3n) is 4.31. The van der Waals surface area contributed by atoms with Gasteiger partial charge in [-0.25, -0.2) is 0 Å². The largest absolute Gasteiger partial charge is 0.460 e. The Kier molecular flexibility index (Phi) is 7.58. The van der Waals surface area contributed by atoms with Gasteiger partial charge in [-0.3, -0.25) is 9.78 Å². The maximum absolute atomic E-state index is 12.2. The lowest BCUT2D eigenvalue weighted by Gasteiger charge is -2.22. The zero-order valence-electron chi connectivity index (χ0n) is 17.8. The van der Waals surface area contributed by atoms with Crippen LogP contribution >= 0.6 is 0 Å². The fourth-order valence-electron chi connectivity index (χ4n) is 2.83. The minimum absolute atomic E-state index is 0.0349. The van der Waals surface area contributed by atoms with Crippen molar-refractivity contribution in [1.29, 1.82) is 0 Å². The quantitative estimate of drug-likeness (QED) is 0.587. The number of nitrogens with zero attached hydrogens (tertiary/aromatic N) is 1. The van der Waals surface area contributed by atoms with E-state index < -0.39 is 5.60 Å². The molecule has 0 radical (unpaired) electrons. The topological polar surface area (TPSA) is 60.5 Å². The van der Waals surface area contributed by atoms with E-state index in [9.17, 15) is 4.79 Å². The normalized spacial score (nSPS) is 13.6. The zero-order valence-corrected chi connectivity index (χ0v) is 17.8. The van der Waals surface area contributed by atoms with Crippen LogP contribution in [0.2, 0.25) is 0 Å². The van der Waals surface area contributed by atoms with Gasteiger partial charge in [-0.05, 0) is 70.9 Å². The number of hydrogen-bond donors (Lipinski definition) is 1.